The summed E-state index contributed by atoms with van der Waals surface area (Å²) in [5.74, 6) is 0.990. The van der Waals surface area contributed by atoms with Crippen LogP contribution in [-0.2, 0) is 4.74 Å². The molecule has 0 amide bonds. The zero-order valence-corrected chi connectivity index (χ0v) is 8.15. The third-order valence-corrected chi connectivity index (χ3v) is 2.32. The van der Waals surface area contributed by atoms with E-state index in [2.05, 4.69) is 9.88 Å². The number of hydrogen-bond acceptors (Lipinski definition) is 4. The highest BCUT2D eigenvalue weighted by molar-refractivity contribution is 5.45. The molecule has 0 aliphatic carbocycles. The summed E-state index contributed by atoms with van der Waals surface area (Å²) >= 11 is 0. The Hall–Kier alpha value is -1.29. The van der Waals surface area contributed by atoms with Crippen molar-refractivity contribution in [2.45, 2.75) is 6.42 Å². The number of anilines is 2. The van der Waals surface area contributed by atoms with Crippen LogP contribution in [0.4, 0.5) is 11.5 Å². The maximum atomic E-state index is 5.58. The highest BCUT2D eigenvalue weighted by atomic mass is 16.5. The van der Waals surface area contributed by atoms with Gasteiger partial charge >= 0.3 is 0 Å². The monoisotopic (exact) mass is 193 g/mol. The lowest BCUT2D eigenvalue weighted by Gasteiger charge is -2.20. The summed E-state index contributed by atoms with van der Waals surface area (Å²) in [7, 11) is 0. The largest absolute Gasteiger partial charge is 0.397 e. The van der Waals surface area contributed by atoms with Gasteiger partial charge in [0.2, 0.25) is 0 Å². The Bertz CT molecular complexity index is 278. The number of nitrogen functional groups attached to an aromatic ring is 1. The van der Waals surface area contributed by atoms with Gasteiger partial charge in [0, 0.05) is 19.7 Å². The molecule has 0 unspecified atom stereocenters. The van der Waals surface area contributed by atoms with Gasteiger partial charge in [0.1, 0.15) is 5.82 Å². The van der Waals surface area contributed by atoms with Gasteiger partial charge in [-0.05, 0) is 18.6 Å². The third-order valence-electron chi connectivity index (χ3n) is 2.32. The van der Waals surface area contributed by atoms with Gasteiger partial charge in [0.25, 0.3) is 0 Å². The fourth-order valence-corrected chi connectivity index (χ4v) is 1.56. The number of hydrogen-bond donors (Lipinski definition) is 1. The molecule has 4 nitrogen and oxygen atoms in total. The molecular formula is C10H15N3O. The van der Waals surface area contributed by atoms with E-state index in [4.69, 9.17) is 10.5 Å². The van der Waals surface area contributed by atoms with Gasteiger partial charge in [0.15, 0.2) is 0 Å². The molecule has 2 N–H and O–H groups in total. The summed E-state index contributed by atoms with van der Waals surface area (Å²) in [6, 6.07) is 3.84. The molecule has 1 aromatic rings. The molecule has 0 saturated carbocycles. The van der Waals surface area contributed by atoms with Crippen molar-refractivity contribution < 1.29 is 4.74 Å². The number of nitrogens with two attached hydrogens (primary N) is 1. The molecular weight excluding hydrogens is 178 g/mol. The fourth-order valence-electron chi connectivity index (χ4n) is 1.56. The first-order valence-corrected chi connectivity index (χ1v) is 4.90. The summed E-state index contributed by atoms with van der Waals surface area (Å²) in [5, 5.41) is 0. The lowest BCUT2D eigenvalue weighted by atomic mass is 10.3. The van der Waals surface area contributed by atoms with Crippen molar-refractivity contribution >= 4 is 11.5 Å². The molecule has 1 aromatic heterocycles. The molecule has 0 atom stereocenters. The van der Waals surface area contributed by atoms with Crippen molar-refractivity contribution in [3.8, 4) is 0 Å². The lowest BCUT2D eigenvalue weighted by molar-refractivity contribution is 0.152. The zero-order valence-electron chi connectivity index (χ0n) is 8.15. The van der Waals surface area contributed by atoms with Gasteiger partial charge in [-0.25, -0.2) is 4.98 Å². The van der Waals surface area contributed by atoms with E-state index in [-0.39, 0.29) is 0 Å². The normalized spacial score (nSPS) is 17.9. The second kappa shape index (κ2) is 4.28. The van der Waals surface area contributed by atoms with E-state index in [0.29, 0.717) is 5.69 Å². The van der Waals surface area contributed by atoms with Crippen LogP contribution >= 0.6 is 0 Å². The fraction of sp³-hybridized carbons (Fsp3) is 0.500. The predicted molar refractivity (Wildman–Crippen MR) is 56.3 cm³/mol. The Morgan fingerprint density at radius 3 is 3.00 bits per heavy atom. The molecule has 1 aliphatic heterocycles. The molecule has 2 heterocycles. The summed E-state index contributed by atoms with van der Waals surface area (Å²) in [6.07, 6.45) is 2.76. The van der Waals surface area contributed by atoms with Crippen molar-refractivity contribution in [3.05, 3.63) is 18.3 Å². The molecule has 2 rings (SSSR count). The van der Waals surface area contributed by atoms with E-state index in [1.807, 2.05) is 12.1 Å². The van der Waals surface area contributed by atoms with E-state index >= 15 is 0 Å². The highest BCUT2D eigenvalue weighted by Gasteiger charge is 2.10. The molecule has 14 heavy (non-hydrogen) atoms. The maximum absolute atomic E-state index is 5.58. The lowest BCUT2D eigenvalue weighted by Crippen LogP contribution is -2.26. The minimum absolute atomic E-state index is 0.708. The third kappa shape index (κ3) is 2.14. The van der Waals surface area contributed by atoms with Crippen LogP contribution in [0.15, 0.2) is 18.3 Å². The molecule has 4 heteroatoms. The summed E-state index contributed by atoms with van der Waals surface area (Å²) in [5.41, 5.74) is 6.29. The SMILES string of the molecule is Nc1ccc(N2CCCOCC2)nc1. The molecule has 1 aliphatic rings. The first-order valence-electron chi connectivity index (χ1n) is 4.90. The molecule has 0 aromatic carbocycles. The Kier molecular flexibility index (Phi) is 2.84. The summed E-state index contributed by atoms with van der Waals surface area (Å²) in [6.45, 7) is 3.56. The molecule has 0 spiro atoms. The van der Waals surface area contributed by atoms with Crippen molar-refractivity contribution in [3.63, 3.8) is 0 Å². The van der Waals surface area contributed by atoms with E-state index in [9.17, 15) is 0 Å². The van der Waals surface area contributed by atoms with Gasteiger partial charge in [-0.3, -0.25) is 0 Å². The van der Waals surface area contributed by atoms with E-state index < -0.39 is 0 Å². The number of rotatable bonds is 1. The zero-order chi connectivity index (χ0) is 9.80. The average molecular weight is 193 g/mol. The van der Waals surface area contributed by atoms with Crippen LogP contribution < -0.4 is 10.6 Å². The Balaban J connectivity index is 2.08. The molecule has 1 fully saturated rings. The van der Waals surface area contributed by atoms with Gasteiger partial charge in [-0.15, -0.1) is 0 Å². The number of ether oxygens (including phenoxy) is 1. The number of aromatic nitrogens is 1. The van der Waals surface area contributed by atoms with Gasteiger partial charge in [-0.1, -0.05) is 0 Å². The first kappa shape index (κ1) is 9.27. The van der Waals surface area contributed by atoms with Crippen LogP contribution in [0.3, 0.4) is 0 Å². The van der Waals surface area contributed by atoms with Crippen LogP contribution in [-0.4, -0.2) is 31.3 Å². The van der Waals surface area contributed by atoms with Crippen LogP contribution in [0.2, 0.25) is 0 Å². The second-order valence-electron chi connectivity index (χ2n) is 3.40. The van der Waals surface area contributed by atoms with Crippen molar-refractivity contribution in [1.82, 2.24) is 4.98 Å². The van der Waals surface area contributed by atoms with Crippen molar-refractivity contribution in [2.75, 3.05) is 36.9 Å². The van der Waals surface area contributed by atoms with E-state index in [0.717, 1.165) is 38.5 Å². The van der Waals surface area contributed by atoms with Crippen LogP contribution in [0, 0.1) is 0 Å². The number of nitrogens with zero attached hydrogens (tertiary/aromatic N) is 2. The standard InChI is InChI=1S/C10H15N3O/c11-9-2-3-10(12-8-9)13-4-1-6-14-7-5-13/h2-3,8H,1,4-7,11H2. The summed E-state index contributed by atoms with van der Waals surface area (Å²) in [4.78, 5) is 6.52. The van der Waals surface area contributed by atoms with E-state index in [1.165, 1.54) is 0 Å². The van der Waals surface area contributed by atoms with Gasteiger partial charge in [0.05, 0.1) is 18.5 Å². The quantitative estimate of drug-likeness (QED) is 0.719. The van der Waals surface area contributed by atoms with Crippen LogP contribution in [0.5, 0.6) is 0 Å². The maximum Gasteiger partial charge on any atom is 0.128 e. The minimum Gasteiger partial charge on any atom is -0.397 e. The van der Waals surface area contributed by atoms with Gasteiger partial charge in [-0.2, -0.15) is 0 Å². The smallest absolute Gasteiger partial charge is 0.128 e. The molecule has 0 bridgehead atoms. The van der Waals surface area contributed by atoms with Gasteiger partial charge < -0.3 is 15.4 Å². The van der Waals surface area contributed by atoms with Crippen LogP contribution in [0.1, 0.15) is 6.42 Å². The van der Waals surface area contributed by atoms with Crippen LogP contribution in [0.25, 0.3) is 0 Å². The molecule has 0 radical (unpaired) electrons. The Morgan fingerprint density at radius 1 is 1.29 bits per heavy atom. The molecule has 1 saturated heterocycles. The minimum atomic E-state index is 0.708. The predicted octanol–water partition coefficient (Wildman–Crippen LogP) is 0.890. The van der Waals surface area contributed by atoms with Crippen molar-refractivity contribution in [1.29, 1.82) is 0 Å². The first-order chi connectivity index (χ1) is 6.86. The average Bonchev–Trinajstić information content (AvgIpc) is 2.47. The highest BCUT2D eigenvalue weighted by Crippen LogP contribution is 2.13. The molecule has 76 valence electrons. The summed E-state index contributed by atoms with van der Waals surface area (Å²) < 4.78 is 5.38. The number of pyridine rings is 1. The Morgan fingerprint density at radius 2 is 2.21 bits per heavy atom. The Labute approximate surface area is 83.7 Å². The van der Waals surface area contributed by atoms with E-state index in [1.54, 1.807) is 6.20 Å². The van der Waals surface area contributed by atoms with Crippen molar-refractivity contribution in [2.24, 2.45) is 0 Å². The topological polar surface area (TPSA) is 51.4 Å². The second-order valence-corrected chi connectivity index (χ2v) is 3.40.